The van der Waals surface area contributed by atoms with Crippen molar-refractivity contribution >= 4 is 17.2 Å². The van der Waals surface area contributed by atoms with E-state index in [0.29, 0.717) is 0 Å². The molecule has 2 aromatic rings. The smallest absolute Gasteiger partial charge is 0.251 e. The highest BCUT2D eigenvalue weighted by molar-refractivity contribution is 7.09. The normalized spacial score (nSPS) is 12.1. The van der Waals surface area contributed by atoms with Crippen LogP contribution in [0.4, 0.5) is 0 Å². The van der Waals surface area contributed by atoms with Crippen LogP contribution in [0.1, 0.15) is 34.0 Å². The van der Waals surface area contributed by atoms with Gasteiger partial charge in [-0.05, 0) is 32.0 Å². The predicted molar refractivity (Wildman–Crippen MR) is 72.5 cm³/mol. The zero-order valence-electron chi connectivity index (χ0n) is 10.5. The first kappa shape index (κ1) is 13.4. The Balaban J connectivity index is 2.10. The molecule has 0 saturated heterocycles. The quantitative estimate of drug-likeness (QED) is 0.753. The van der Waals surface area contributed by atoms with Gasteiger partial charge in [0.15, 0.2) is 11.5 Å². The van der Waals surface area contributed by atoms with Crippen molar-refractivity contribution in [2.75, 3.05) is 0 Å². The molecule has 0 radical (unpaired) electrons. The van der Waals surface area contributed by atoms with Gasteiger partial charge in [-0.25, -0.2) is 4.98 Å². The second kappa shape index (κ2) is 5.27. The molecule has 1 heterocycles. The topological polar surface area (TPSA) is 82.5 Å². The maximum absolute atomic E-state index is 12.0. The molecule has 0 aliphatic rings. The average molecular weight is 278 g/mol. The first-order chi connectivity index (χ1) is 8.97. The van der Waals surface area contributed by atoms with Gasteiger partial charge in [-0.15, -0.1) is 11.3 Å². The number of nitrogens with one attached hydrogen (secondary N) is 1. The Kier molecular flexibility index (Phi) is 3.71. The summed E-state index contributed by atoms with van der Waals surface area (Å²) in [6.07, 6.45) is 0. The third-order valence-corrected chi connectivity index (χ3v) is 3.74. The summed E-state index contributed by atoms with van der Waals surface area (Å²) in [6.45, 7) is 3.74. The first-order valence-electron chi connectivity index (χ1n) is 5.72. The number of phenolic OH excluding ortho intramolecular Hbond substituents is 2. The fourth-order valence-electron chi connectivity index (χ4n) is 1.58. The monoisotopic (exact) mass is 278 g/mol. The number of rotatable bonds is 3. The van der Waals surface area contributed by atoms with E-state index in [9.17, 15) is 15.0 Å². The number of hydrogen-bond donors (Lipinski definition) is 3. The molecule has 19 heavy (non-hydrogen) atoms. The van der Waals surface area contributed by atoms with Gasteiger partial charge in [-0.1, -0.05) is 0 Å². The minimum atomic E-state index is -0.323. The van der Waals surface area contributed by atoms with Crippen LogP contribution in [-0.4, -0.2) is 21.1 Å². The van der Waals surface area contributed by atoms with E-state index in [0.717, 1.165) is 10.7 Å². The number of hydrogen-bond acceptors (Lipinski definition) is 5. The van der Waals surface area contributed by atoms with Crippen molar-refractivity contribution in [1.29, 1.82) is 0 Å². The predicted octanol–water partition coefficient (Wildman–Crippen LogP) is 2.35. The van der Waals surface area contributed by atoms with Crippen LogP contribution < -0.4 is 5.32 Å². The van der Waals surface area contributed by atoms with Gasteiger partial charge in [-0.2, -0.15) is 0 Å². The van der Waals surface area contributed by atoms with Crippen LogP contribution in [0.25, 0.3) is 0 Å². The van der Waals surface area contributed by atoms with E-state index in [2.05, 4.69) is 10.3 Å². The number of amides is 1. The number of aryl methyl sites for hydroxylation is 1. The lowest BCUT2D eigenvalue weighted by Crippen LogP contribution is -2.26. The Labute approximate surface area is 114 Å². The molecule has 3 N–H and O–H groups in total. The van der Waals surface area contributed by atoms with Crippen LogP contribution in [0.2, 0.25) is 0 Å². The molecule has 1 aromatic carbocycles. The van der Waals surface area contributed by atoms with Gasteiger partial charge >= 0.3 is 0 Å². The van der Waals surface area contributed by atoms with Gasteiger partial charge in [0.2, 0.25) is 0 Å². The summed E-state index contributed by atoms with van der Waals surface area (Å²) in [5, 5.41) is 24.1. The number of phenols is 2. The Morgan fingerprint density at radius 2 is 2.11 bits per heavy atom. The van der Waals surface area contributed by atoms with Gasteiger partial charge in [0.25, 0.3) is 5.91 Å². The molecule has 100 valence electrons. The second-order valence-corrected chi connectivity index (χ2v) is 5.12. The van der Waals surface area contributed by atoms with E-state index in [4.69, 9.17) is 0 Å². The van der Waals surface area contributed by atoms with Crippen molar-refractivity contribution in [1.82, 2.24) is 10.3 Å². The van der Waals surface area contributed by atoms with Crippen LogP contribution in [0.3, 0.4) is 0 Å². The number of carbonyl (C=O) groups is 1. The van der Waals surface area contributed by atoms with Crippen LogP contribution in [0.15, 0.2) is 23.6 Å². The van der Waals surface area contributed by atoms with Gasteiger partial charge in [0.05, 0.1) is 6.04 Å². The lowest BCUT2D eigenvalue weighted by atomic mass is 10.2. The molecule has 0 saturated carbocycles. The summed E-state index contributed by atoms with van der Waals surface area (Å²) in [5.41, 5.74) is 1.21. The van der Waals surface area contributed by atoms with Crippen molar-refractivity contribution in [2.24, 2.45) is 0 Å². The molecule has 1 atom stereocenters. The maximum atomic E-state index is 12.0. The summed E-state index contributed by atoms with van der Waals surface area (Å²) in [5.74, 6) is -0.888. The Bertz CT molecular complexity index is 610. The van der Waals surface area contributed by atoms with Crippen LogP contribution >= 0.6 is 11.3 Å². The molecule has 0 aliphatic heterocycles. The van der Waals surface area contributed by atoms with Crippen LogP contribution in [0.5, 0.6) is 11.5 Å². The molecule has 1 amide bonds. The van der Waals surface area contributed by atoms with E-state index in [-0.39, 0.29) is 29.0 Å². The number of aromatic nitrogens is 1. The summed E-state index contributed by atoms with van der Waals surface area (Å²) in [7, 11) is 0. The third-order valence-electron chi connectivity index (χ3n) is 2.59. The molecular formula is C13H14N2O3S. The third kappa shape index (κ3) is 3.03. The van der Waals surface area contributed by atoms with E-state index in [1.165, 1.54) is 29.5 Å². The van der Waals surface area contributed by atoms with Crippen molar-refractivity contribution in [3.8, 4) is 11.5 Å². The Morgan fingerprint density at radius 1 is 1.37 bits per heavy atom. The minimum absolute atomic E-state index is 0.206. The van der Waals surface area contributed by atoms with Crippen LogP contribution in [0, 0.1) is 6.92 Å². The summed E-state index contributed by atoms with van der Waals surface area (Å²) in [4.78, 5) is 16.3. The lowest BCUT2D eigenvalue weighted by molar-refractivity contribution is 0.0939. The molecule has 0 aliphatic carbocycles. The maximum Gasteiger partial charge on any atom is 0.251 e. The van der Waals surface area contributed by atoms with Gasteiger partial charge < -0.3 is 15.5 Å². The molecule has 0 fully saturated rings. The number of carbonyl (C=O) groups excluding carboxylic acids is 1. The van der Waals surface area contributed by atoms with Crippen molar-refractivity contribution in [2.45, 2.75) is 19.9 Å². The Hall–Kier alpha value is -2.08. The summed E-state index contributed by atoms with van der Waals surface area (Å²) in [6, 6.07) is 3.75. The molecule has 2 rings (SSSR count). The average Bonchev–Trinajstić information content (AvgIpc) is 2.79. The molecule has 0 bridgehead atoms. The van der Waals surface area contributed by atoms with Gasteiger partial charge in [0, 0.05) is 16.6 Å². The van der Waals surface area contributed by atoms with E-state index < -0.39 is 0 Å². The zero-order valence-corrected chi connectivity index (χ0v) is 11.4. The van der Waals surface area contributed by atoms with Crippen molar-refractivity contribution < 1.29 is 15.0 Å². The van der Waals surface area contributed by atoms with E-state index in [1.807, 2.05) is 19.2 Å². The largest absolute Gasteiger partial charge is 0.504 e. The highest BCUT2D eigenvalue weighted by Gasteiger charge is 2.15. The van der Waals surface area contributed by atoms with Crippen molar-refractivity contribution in [3.05, 3.63) is 39.8 Å². The number of benzene rings is 1. The SMILES string of the molecule is Cc1csc(C(C)NC(=O)c2ccc(O)c(O)c2)n1. The van der Waals surface area contributed by atoms with E-state index in [1.54, 1.807) is 0 Å². The standard InChI is InChI=1S/C13H14N2O3S/c1-7-6-19-13(14-7)8(2)15-12(18)9-3-4-10(16)11(17)5-9/h3-6,8,16-17H,1-2H3,(H,15,18). The van der Waals surface area contributed by atoms with Gasteiger partial charge in [-0.3, -0.25) is 4.79 Å². The first-order valence-corrected chi connectivity index (χ1v) is 6.60. The highest BCUT2D eigenvalue weighted by atomic mass is 32.1. The molecule has 1 aromatic heterocycles. The molecular weight excluding hydrogens is 264 g/mol. The fourth-order valence-corrected chi connectivity index (χ4v) is 2.38. The van der Waals surface area contributed by atoms with E-state index >= 15 is 0 Å². The second-order valence-electron chi connectivity index (χ2n) is 4.23. The van der Waals surface area contributed by atoms with Crippen molar-refractivity contribution in [3.63, 3.8) is 0 Å². The molecule has 1 unspecified atom stereocenters. The highest BCUT2D eigenvalue weighted by Crippen LogP contribution is 2.25. The summed E-state index contributed by atoms with van der Waals surface area (Å²) >= 11 is 1.49. The fraction of sp³-hybridized carbons (Fsp3) is 0.231. The molecule has 6 heteroatoms. The number of nitrogens with zero attached hydrogens (tertiary/aromatic N) is 1. The number of aromatic hydroxyl groups is 2. The Morgan fingerprint density at radius 3 is 2.68 bits per heavy atom. The number of thiazole rings is 1. The lowest BCUT2D eigenvalue weighted by Gasteiger charge is -2.11. The zero-order chi connectivity index (χ0) is 14.0. The van der Waals surface area contributed by atoms with Gasteiger partial charge in [0.1, 0.15) is 5.01 Å². The molecule has 5 nitrogen and oxygen atoms in total. The molecule has 0 spiro atoms. The minimum Gasteiger partial charge on any atom is -0.504 e. The van der Waals surface area contributed by atoms with Crippen LogP contribution in [-0.2, 0) is 0 Å². The summed E-state index contributed by atoms with van der Waals surface area (Å²) < 4.78 is 0.